The molecule has 1 aliphatic heterocycles. The van der Waals surface area contributed by atoms with Gasteiger partial charge in [0.25, 0.3) is 0 Å². The van der Waals surface area contributed by atoms with Crippen LogP contribution in [0.15, 0.2) is 24.3 Å². The van der Waals surface area contributed by atoms with Crippen LogP contribution in [0, 0.1) is 0 Å². The molecule has 2 amide bonds. The van der Waals surface area contributed by atoms with Crippen LogP contribution >= 0.6 is 0 Å². The van der Waals surface area contributed by atoms with E-state index in [1.165, 1.54) is 12.8 Å². The quantitative estimate of drug-likeness (QED) is 0.898. The Balaban J connectivity index is 1.96. The number of urea groups is 1. The fourth-order valence-electron chi connectivity index (χ4n) is 2.65. The Labute approximate surface area is 125 Å². The van der Waals surface area contributed by atoms with Gasteiger partial charge in [0.05, 0.1) is 6.42 Å². The van der Waals surface area contributed by atoms with Crippen molar-refractivity contribution in [1.29, 1.82) is 0 Å². The SMILES string of the molecule is CC1CCCCCN1C(=O)Nc1ccc(CC(=O)O)cc1. The second-order valence-electron chi connectivity index (χ2n) is 5.59. The molecule has 5 nitrogen and oxygen atoms in total. The van der Waals surface area contributed by atoms with Gasteiger partial charge in [-0.1, -0.05) is 25.0 Å². The van der Waals surface area contributed by atoms with Gasteiger partial charge in [0.1, 0.15) is 0 Å². The fourth-order valence-corrected chi connectivity index (χ4v) is 2.65. The summed E-state index contributed by atoms with van der Waals surface area (Å²) in [6.45, 7) is 2.88. The van der Waals surface area contributed by atoms with Crippen molar-refractivity contribution in [3.05, 3.63) is 29.8 Å². The van der Waals surface area contributed by atoms with Gasteiger partial charge in [0, 0.05) is 18.3 Å². The molecule has 5 heteroatoms. The van der Waals surface area contributed by atoms with Gasteiger partial charge in [-0.15, -0.1) is 0 Å². The maximum absolute atomic E-state index is 12.3. The summed E-state index contributed by atoms with van der Waals surface area (Å²) in [7, 11) is 0. The molecule has 1 heterocycles. The van der Waals surface area contributed by atoms with Crippen LogP contribution in [-0.2, 0) is 11.2 Å². The highest BCUT2D eigenvalue weighted by Gasteiger charge is 2.21. The maximum atomic E-state index is 12.3. The summed E-state index contributed by atoms with van der Waals surface area (Å²) in [6, 6.07) is 7.15. The third-order valence-corrected chi connectivity index (χ3v) is 3.87. The molecule has 1 saturated heterocycles. The van der Waals surface area contributed by atoms with Gasteiger partial charge in [-0.2, -0.15) is 0 Å². The number of hydrogen-bond donors (Lipinski definition) is 2. The topological polar surface area (TPSA) is 69.6 Å². The highest BCUT2D eigenvalue weighted by Crippen LogP contribution is 2.18. The molecule has 2 N–H and O–H groups in total. The highest BCUT2D eigenvalue weighted by molar-refractivity contribution is 5.89. The van der Waals surface area contributed by atoms with Crippen molar-refractivity contribution in [1.82, 2.24) is 4.90 Å². The number of benzene rings is 1. The van der Waals surface area contributed by atoms with Gasteiger partial charge in [-0.25, -0.2) is 4.79 Å². The Morgan fingerprint density at radius 1 is 1.24 bits per heavy atom. The Bertz CT molecular complexity index is 499. The summed E-state index contributed by atoms with van der Waals surface area (Å²) in [5.41, 5.74) is 1.43. The first-order valence-electron chi connectivity index (χ1n) is 7.44. The monoisotopic (exact) mass is 290 g/mol. The molecule has 0 saturated carbocycles. The van der Waals surface area contributed by atoms with E-state index in [2.05, 4.69) is 12.2 Å². The van der Waals surface area contributed by atoms with Crippen molar-refractivity contribution >= 4 is 17.7 Å². The molecule has 0 radical (unpaired) electrons. The molecular weight excluding hydrogens is 268 g/mol. The smallest absolute Gasteiger partial charge is 0.322 e. The summed E-state index contributed by atoms with van der Waals surface area (Å²) < 4.78 is 0. The second-order valence-corrected chi connectivity index (χ2v) is 5.59. The molecule has 0 aromatic heterocycles. The molecule has 2 rings (SSSR count). The van der Waals surface area contributed by atoms with Crippen LogP contribution < -0.4 is 5.32 Å². The molecule has 21 heavy (non-hydrogen) atoms. The van der Waals surface area contributed by atoms with Gasteiger partial charge >= 0.3 is 12.0 Å². The number of carboxylic acid groups (broad SMARTS) is 1. The van der Waals surface area contributed by atoms with Gasteiger partial charge in [-0.05, 0) is 37.5 Å². The molecule has 1 unspecified atom stereocenters. The zero-order valence-corrected chi connectivity index (χ0v) is 12.3. The molecule has 0 spiro atoms. The van der Waals surface area contributed by atoms with Gasteiger partial charge < -0.3 is 15.3 Å². The molecule has 1 aromatic rings. The van der Waals surface area contributed by atoms with Gasteiger partial charge in [0.2, 0.25) is 0 Å². The van der Waals surface area contributed by atoms with E-state index >= 15 is 0 Å². The Hall–Kier alpha value is -2.04. The van der Waals surface area contributed by atoms with Crippen molar-refractivity contribution in [2.75, 3.05) is 11.9 Å². The van der Waals surface area contributed by atoms with Gasteiger partial charge in [0.15, 0.2) is 0 Å². The number of nitrogens with zero attached hydrogens (tertiary/aromatic N) is 1. The number of aliphatic carboxylic acids is 1. The van der Waals surface area contributed by atoms with Crippen LogP contribution in [0.1, 0.15) is 38.2 Å². The minimum atomic E-state index is -0.856. The zero-order chi connectivity index (χ0) is 15.2. The van der Waals surface area contributed by atoms with E-state index in [0.29, 0.717) is 5.69 Å². The lowest BCUT2D eigenvalue weighted by Crippen LogP contribution is -2.41. The van der Waals surface area contributed by atoms with Crippen LogP contribution in [-0.4, -0.2) is 34.6 Å². The Morgan fingerprint density at radius 3 is 2.62 bits per heavy atom. The molecule has 0 aliphatic carbocycles. The van der Waals surface area contributed by atoms with Crippen LogP contribution in [0.2, 0.25) is 0 Å². The van der Waals surface area contributed by atoms with Crippen molar-refractivity contribution in [2.24, 2.45) is 0 Å². The molecule has 1 fully saturated rings. The molecule has 1 aromatic carbocycles. The second kappa shape index (κ2) is 7.11. The number of hydrogen-bond acceptors (Lipinski definition) is 2. The van der Waals surface area contributed by atoms with Crippen LogP contribution in [0.3, 0.4) is 0 Å². The third kappa shape index (κ3) is 4.48. The predicted octanol–water partition coefficient (Wildman–Crippen LogP) is 3.11. The maximum Gasteiger partial charge on any atom is 0.322 e. The standard InChI is InChI=1S/C16H22N2O3/c1-12-5-3-2-4-10-18(12)16(21)17-14-8-6-13(7-9-14)11-15(19)20/h6-9,12H,2-5,10-11H2,1H3,(H,17,21)(H,19,20). The van der Waals surface area contributed by atoms with E-state index in [9.17, 15) is 9.59 Å². The van der Waals surface area contributed by atoms with E-state index in [1.54, 1.807) is 24.3 Å². The first kappa shape index (κ1) is 15.4. The number of rotatable bonds is 3. The highest BCUT2D eigenvalue weighted by atomic mass is 16.4. The summed E-state index contributed by atoms with van der Waals surface area (Å²) in [4.78, 5) is 24.8. The largest absolute Gasteiger partial charge is 0.481 e. The lowest BCUT2D eigenvalue weighted by molar-refractivity contribution is -0.136. The van der Waals surface area contributed by atoms with Crippen LogP contribution in [0.5, 0.6) is 0 Å². The summed E-state index contributed by atoms with van der Waals surface area (Å²) in [5.74, 6) is -0.856. The average Bonchev–Trinajstić information content (AvgIpc) is 2.65. The number of likely N-dealkylation sites (tertiary alicyclic amines) is 1. The predicted molar refractivity (Wildman–Crippen MR) is 81.4 cm³/mol. The molecule has 1 aliphatic rings. The first-order chi connectivity index (χ1) is 10.1. The lowest BCUT2D eigenvalue weighted by atomic mass is 10.1. The Morgan fingerprint density at radius 2 is 1.95 bits per heavy atom. The van der Waals surface area contributed by atoms with Crippen molar-refractivity contribution < 1.29 is 14.7 Å². The van der Waals surface area contributed by atoms with E-state index < -0.39 is 5.97 Å². The van der Waals surface area contributed by atoms with E-state index in [4.69, 9.17) is 5.11 Å². The van der Waals surface area contributed by atoms with Crippen LogP contribution in [0.25, 0.3) is 0 Å². The van der Waals surface area contributed by atoms with E-state index in [1.807, 2.05) is 4.90 Å². The lowest BCUT2D eigenvalue weighted by Gasteiger charge is -2.27. The normalized spacial score (nSPS) is 18.9. The number of carboxylic acids is 1. The fraction of sp³-hybridized carbons (Fsp3) is 0.500. The van der Waals surface area contributed by atoms with Crippen molar-refractivity contribution in [2.45, 2.75) is 45.1 Å². The minimum Gasteiger partial charge on any atom is -0.481 e. The molecule has 114 valence electrons. The minimum absolute atomic E-state index is 0.00259. The number of carbonyl (C=O) groups excluding carboxylic acids is 1. The van der Waals surface area contributed by atoms with Crippen molar-refractivity contribution in [3.8, 4) is 0 Å². The number of amides is 2. The summed E-state index contributed by atoms with van der Waals surface area (Å²) >= 11 is 0. The zero-order valence-electron chi connectivity index (χ0n) is 12.3. The summed E-state index contributed by atoms with van der Waals surface area (Å²) in [6.07, 6.45) is 4.45. The Kier molecular flexibility index (Phi) is 5.20. The average molecular weight is 290 g/mol. The van der Waals surface area contributed by atoms with Crippen LogP contribution in [0.4, 0.5) is 10.5 Å². The third-order valence-electron chi connectivity index (χ3n) is 3.87. The van der Waals surface area contributed by atoms with E-state index in [-0.39, 0.29) is 18.5 Å². The number of carbonyl (C=O) groups is 2. The molecule has 1 atom stereocenters. The summed E-state index contributed by atoms with van der Waals surface area (Å²) in [5, 5.41) is 11.6. The number of nitrogens with one attached hydrogen (secondary N) is 1. The van der Waals surface area contributed by atoms with Gasteiger partial charge in [-0.3, -0.25) is 4.79 Å². The molecular formula is C16H22N2O3. The number of anilines is 1. The first-order valence-corrected chi connectivity index (χ1v) is 7.44. The van der Waals surface area contributed by atoms with E-state index in [0.717, 1.165) is 24.9 Å². The van der Waals surface area contributed by atoms with Crippen molar-refractivity contribution in [3.63, 3.8) is 0 Å². The molecule has 0 bridgehead atoms.